The number of rotatable bonds is 7. The molecule has 0 radical (unpaired) electrons. The van der Waals surface area contributed by atoms with Crippen molar-refractivity contribution in [3.8, 4) is 0 Å². The van der Waals surface area contributed by atoms with Gasteiger partial charge < -0.3 is 15.2 Å². The number of hydrogen-bond donors (Lipinski definition) is 2. The zero-order chi connectivity index (χ0) is 17.4. The Morgan fingerprint density at radius 2 is 2.08 bits per heavy atom. The summed E-state index contributed by atoms with van der Waals surface area (Å²) in [6, 6.07) is 7.91. The molecule has 0 aliphatic heterocycles. The van der Waals surface area contributed by atoms with E-state index < -0.39 is 0 Å². The van der Waals surface area contributed by atoms with Gasteiger partial charge in [-0.2, -0.15) is 0 Å². The Labute approximate surface area is 148 Å². The van der Waals surface area contributed by atoms with E-state index in [-0.39, 0.29) is 0 Å². The van der Waals surface area contributed by atoms with Crippen LogP contribution in [0.15, 0.2) is 33.8 Å². The fourth-order valence-electron chi connectivity index (χ4n) is 2.55. The van der Waals surface area contributed by atoms with Gasteiger partial charge in [-0.1, -0.05) is 42.7 Å². The van der Waals surface area contributed by atoms with E-state index >= 15 is 0 Å². The monoisotopic (exact) mass is 348 g/mol. The molecule has 24 heavy (non-hydrogen) atoms. The highest BCUT2D eigenvalue weighted by Crippen LogP contribution is 2.15. The number of halogens is 1. The van der Waals surface area contributed by atoms with Crippen LogP contribution in [0.2, 0.25) is 5.02 Å². The summed E-state index contributed by atoms with van der Waals surface area (Å²) in [7, 11) is 1.77. The second-order valence-corrected chi connectivity index (χ2v) is 5.91. The normalized spacial score (nSPS) is 11.6. The number of guanidine groups is 1. The van der Waals surface area contributed by atoms with Gasteiger partial charge in [-0.3, -0.25) is 4.99 Å². The molecule has 5 nitrogen and oxygen atoms in total. The molecule has 0 amide bonds. The van der Waals surface area contributed by atoms with Crippen molar-refractivity contribution in [2.45, 2.75) is 39.7 Å². The Hall–Kier alpha value is -2.01. The lowest BCUT2D eigenvalue weighted by atomic mass is 10.1. The maximum Gasteiger partial charge on any atom is 0.191 e. The molecular formula is C18H25ClN4O. The van der Waals surface area contributed by atoms with Crippen molar-refractivity contribution in [2.75, 3.05) is 13.6 Å². The van der Waals surface area contributed by atoms with Crippen LogP contribution in [0.5, 0.6) is 0 Å². The highest BCUT2D eigenvalue weighted by atomic mass is 35.5. The summed E-state index contributed by atoms with van der Waals surface area (Å²) >= 11 is 6.01. The van der Waals surface area contributed by atoms with Crippen LogP contribution in [-0.2, 0) is 25.8 Å². The number of nitrogens with zero attached hydrogens (tertiary/aromatic N) is 2. The summed E-state index contributed by atoms with van der Waals surface area (Å²) in [5.74, 6) is 1.70. The first-order valence-corrected chi connectivity index (χ1v) is 8.70. The van der Waals surface area contributed by atoms with E-state index in [1.165, 1.54) is 5.56 Å². The lowest BCUT2D eigenvalue weighted by Gasteiger charge is -2.12. The smallest absolute Gasteiger partial charge is 0.191 e. The Kier molecular flexibility index (Phi) is 7.12. The summed E-state index contributed by atoms with van der Waals surface area (Å²) in [5.41, 5.74) is 3.34. The standard InChI is InChI=1S/C18H25ClN4O/c1-4-16-15(17(5-2)24-23-16)12-22-18(20-3)21-10-9-13-7-6-8-14(19)11-13/h6-8,11H,4-5,9-10,12H2,1-3H3,(H2,20,21,22). The van der Waals surface area contributed by atoms with Crippen LogP contribution in [0.1, 0.15) is 36.4 Å². The quantitative estimate of drug-likeness (QED) is 0.595. The van der Waals surface area contributed by atoms with Crippen molar-refractivity contribution >= 4 is 17.6 Å². The molecule has 6 heteroatoms. The Bertz CT molecular complexity index is 660. The molecule has 0 bridgehead atoms. The molecule has 130 valence electrons. The molecule has 0 saturated heterocycles. The van der Waals surface area contributed by atoms with E-state index in [1.54, 1.807) is 7.05 Å². The zero-order valence-corrected chi connectivity index (χ0v) is 15.3. The Balaban J connectivity index is 1.86. The average Bonchev–Trinajstić information content (AvgIpc) is 3.00. The van der Waals surface area contributed by atoms with Crippen molar-refractivity contribution in [3.05, 3.63) is 51.9 Å². The van der Waals surface area contributed by atoms with Crippen LogP contribution in [0, 0.1) is 0 Å². The van der Waals surface area contributed by atoms with Crippen LogP contribution in [0.3, 0.4) is 0 Å². The third-order valence-electron chi connectivity index (χ3n) is 3.86. The fourth-order valence-corrected chi connectivity index (χ4v) is 2.76. The molecule has 1 heterocycles. The predicted molar refractivity (Wildman–Crippen MR) is 98.6 cm³/mol. The van der Waals surface area contributed by atoms with Gasteiger partial charge in [0.2, 0.25) is 0 Å². The molecule has 0 unspecified atom stereocenters. The van der Waals surface area contributed by atoms with E-state index in [2.05, 4.69) is 40.7 Å². The number of aryl methyl sites for hydroxylation is 2. The molecule has 2 rings (SSSR count). The molecule has 0 atom stereocenters. The van der Waals surface area contributed by atoms with Crippen molar-refractivity contribution < 1.29 is 4.52 Å². The van der Waals surface area contributed by atoms with E-state index in [4.69, 9.17) is 16.1 Å². The first kappa shape index (κ1) is 18.3. The molecule has 2 N–H and O–H groups in total. The molecule has 2 aromatic rings. The summed E-state index contributed by atoms with van der Waals surface area (Å²) in [6.45, 7) is 5.60. The van der Waals surface area contributed by atoms with Crippen LogP contribution in [0.4, 0.5) is 0 Å². The van der Waals surface area contributed by atoms with Crippen LogP contribution >= 0.6 is 11.6 Å². The second kappa shape index (κ2) is 9.33. The van der Waals surface area contributed by atoms with E-state index in [0.717, 1.165) is 53.8 Å². The van der Waals surface area contributed by atoms with Crippen molar-refractivity contribution in [3.63, 3.8) is 0 Å². The van der Waals surface area contributed by atoms with Crippen molar-refractivity contribution in [1.29, 1.82) is 0 Å². The third kappa shape index (κ3) is 4.99. The minimum atomic E-state index is 0.659. The highest BCUT2D eigenvalue weighted by Gasteiger charge is 2.13. The molecule has 1 aromatic carbocycles. The molecule has 0 spiro atoms. The van der Waals surface area contributed by atoms with Crippen LogP contribution in [-0.4, -0.2) is 24.7 Å². The number of benzene rings is 1. The van der Waals surface area contributed by atoms with E-state index in [0.29, 0.717) is 6.54 Å². The van der Waals surface area contributed by atoms with Crippen molar-refractivity contribution in [2.24, 2.45) is 4.99 Å². The van der Waals surface area contributed by atoms with Gasteiger partial charge >= 0.3 is 0 Å². The minimum absolute atomic E-state index is 0.659. The number of aliphatic imine (C=N–C) groups is 1. The van der Waals surface area contributed by atoms with Gasteiger partial charge in [-0.15, -0.1) is 0 Å². The fraction of sp³-hybridized carbons (Fsp3) is 0.444. The van der Waals surface area contributed by atoms with Gasteiger partial charge in [0.15, 0.2) is 5.96 Å². The lowest BCUT2D eigenvalue weighted by Crippen LogP contribution is -2.38. The van der Waals surface area contributed by atoms with Gasteiger partial charge in [0.1, 0.15) is 5.76 Å². The van der Waals surface area contributed by atoms with E-state index in [1.807, 2.05) is 18.2 Å². The zero-order valence-electron chi connectivity index (χ0n) is 14.5. The minimum Gasteiger partial charge on any atom is -0.361 e. The SMILES string of the molecule is CCc1noc(CC)c1CNC(=NC)NCCc1cccc(Cl)c1. The molecule has 0 fully saturated rings. The highest BCUT2D eigenvalue weighted by molar-refractivity contribution is 6.30. The van der Waals surface area contributed by atoms with Crippen LogP contribution in [0.25, 0.3) is 0 Å². The van der Waals surface area contributed by atoms with Gasteiger partial charge in [-0.05, 0) is 30.5 Å². The predicted octanol–water partition coefficient (Wildman–Crippen LogP) is 3.36. The average molecular weight is 349 g/mol. The van der Waals surface area contributed by atoms with Gasteiger partial charge in [0.05, 0.1) is 5.69 Å². The number of hydrogen-bond acceptors (Lipinski definition) is 3. The number of aromatic nitrogens is 1. The molecule has 0 aliphatic carbocycles. The first-order chi connectivity index (χ1) is 11.7. The summed E-state index contributed by atoms with van der Waals surface area (Å²) in [6.07, 6.45) is 2.58. The summed E-state index contributed by atoms with van der Waals surface area (Å²) in [4.78, 5) is 4.26. The molecule has 1 aromatic heterocycles. The van der Waals surface area contributed by atoms with Gasteiger partial charge in [-0.25, -0.2) is 0 Å². The molecular weight excluding hydrogens is 324 g/mol. The van der Waals surface area contributed by atoms with E-state index in [9.17, 15) is 0 Å². The third-order valence-corrected chi connectivity index (χ3v) is 4.09. The molecule has 0 saturated carbocycles. The maximum atomic E-state index is 6.01. The largest absolute Gasteiger partial charge is 0.361 e. The summed E-state index contributed by atoms with van der Waals surface area (Å²) < 4.78 is 5.39. The lowest BCUT2D eigenvalue weighted by molar-refractivity contribution is 0.380. The number of nitrogens with one attached hydrogen (secondary N) is 2. The van der Waals surface area contributed by atoms with Crippen molar-refractivity contribution in [1.82, 2.24) is 15.8 Å². The first-order valence-electron chi connectivity index (χ1n) is 8.33. The topological polar surface area (TPSA) is 62.5 Å². The van der Waals surface area contributed by atoms with Gasteiger partial charge in [0, 0.05) is 37.1 Å². The maximum absolute atomic E-state index is 6.01. The van der Waals surface area contributed by atoms with Crippen LogP contribution < -0.4 is 10.6 Å². The molecule has 0 aliphatic rings. The van der Waals surface area contributed by atoms with Gasteiger partial charge in [0.25, 0.3) is 0 Å². The summed E-state index contributed by atoms with van der Waals surface area (Å²) in [5, 5.41) is 11.5. The Morgan fingerprint density at radius 3 is 2.75 bits per heavy atom. The Morgan fingerprint density at radius 1 is 1.25 bits per heavy atom. The second-order valence-electron chi connectivity index (χ2n) is 5.47.